The van der Waals surface area contributed by atoms with Crippen LogP contribution in [-0.4, -0.2) is 30.1 Å². The average Bonchev–Trinajstić information content (AvgIpc) is 2.47. The van der Waals surface area contributed by atoms with Crippen LogP contribution in [0.4, 0.5) is 0 Å². The molecule has 2 rings (SSSR count). The molecule has 1 unspecified atom stereocenters. The molecule has 0 radical (unpaired) electrons. The summed E-state index contributed by atoms with van der Waals surface area (Å²) >= 11 is 0. The quantitative estimate of drug-likeness (QED) is 0.694. The van der Waals surface area contributed by atoms with Crippen LogP contribution in [0.2, 0.25) is 0 Å². The second kappa shape index (κ2) is 3.20. The predicted molar refractivity (Wildman–Crippen MR) is 50.9 cm³/mol. The van der Waals surface area contributed by atoms with Crippen LogP contribution >= 0.6 is 0 Å². The fourth-order valence-corrected chi connectivity index (χ4v) is 3.37. The lowest BCUT2D eigenvalue weighted by molar-refractivity contribution is 0.601. The largest absolute Gasteiger partial charge is 0.268 e. The van der Waals surface area contributed by atoms with Gasteiger partial charge in [-0.1, -0.05) is 0 Å². The van der Waals surface area contributed by atoms with Crippen LogP contribution in [0.1, 0.15) is 18.0 Å². The van der Waals surface area contributed by atoms with Crippen molar-refractivity contribution < 1.29 is 8.42 Å². The molecule has 0 saturated carbocycles. The molecular formula is C8H10N2O3S. The normalized spacial score (nSPS) is 25.0. The monoisotopic (exact) mass is 214 g/mol. The first-order chi connectivity index (χ1) is 6.57. The molecule has 1 aliphatic heterocycles. The fraction of sp³-hybridized carbons (Fsp3) is 0.500. The van der Waals surface area contributed by atoms with E-state index in [0.717, 1.165) is 0 Å². The highest BCUT2D eigenvalue weighted by atomic mass is 32.2. The van der Waals surface area contributed by atoms with E-state index in [4.69, 9.17) is 0 Å². The van der Waals surface area contributed by atoms with Gasteiger partial charge in [-0.2, -0.15) is 5.10 Å². The third kappa shape index (κ3) is 1.84. The summed E-state index contributed by atoms with van der Waals surface area (Å²) < 4.78 is 22.4. The van der Waals surface area contributed by atoms with Crippen molar-refractivity contribution in [3.8, 4) is 0 Å². The minimum atomic E-state index is -2.89. The summed E-state index contributed by atoms with van der Waals surface area (Å²) in [5.41, 5.74) is 0.389. The molecule has 1 N–H and O–H groups in total. The van der Waals surface area contributed by atoms with Gasteiger partial charge < -0.3 is 0 Å². The molecule has 0 bridgehead atoms. The molecule has 1 saturated heterocycles. The zero-order valence-corrected chi connectivity index (χ0v) is 8.25. The second-order valence-corrected chi connectivity index (χ2v) is 5.67. The molecule has 0 aliphatic carbocycles. The number of aromatic amines is 1. The lowest BCUT2D eigenvalue weighted by Crippen LogP contribution is -2.11. The standard InChI is InChI=1S/C8H10N2O3S/c11-8-2-1-7(9-10-8)6-3-4-14(12,13)5-6/h1-2,6H,3-5H2,(H,10,11). The Morgan fingerprint density at radius 1 is 1.43 bits per heavy atom. The van der Waals surface area contributed by atoms with Crippen LogP contribution in [0, 0.1) is 0 Å². The summed E-state index contributed by atoms with van der Waals surface area (Å²) in [6, 6.07) is 2.96. The number of H-pyrrole nitrogens is 1. The smallest absolute Gasteiger partial charge is 0.264 e. The van der Waals surface area contributed by atoms with E-state index >= 15 is 0 Å². The van der Waals surface area contributed by atoms with Crippen LogP contribution in [-0.2, 0) is 9.84 Å². The zero-order valence-electron chi connectivity index (χ0n) is 7.43. The van der Waals surface area contributed by atoms with Crippen molar-refractivity contribution in [2.24, 2.45) is 0 Å². The molecule has 0 spiro atoms. The van der Waals surface area contributed by atoms with Crippen molar-refractivity contribution in [3.05, 3.63) is 28.2 Å². The molecule has 1 fully saturated rings. The van der Waals surface area contributed by atoms with E-state index in [-0.39, 0.29) is 23.0 Å². The average molecular weight is 214 g/mol. The van der Waals surface area contributed by atoms with Crippen molar-refractivity contribution in [3.63, 3.8) is 0 Å². The van der Waals surface area contributed by atoms with Gasteiger partial charge in [0.05, 0.1) is 17.2 Å². The first kappa shape index (κ1) is 9.39. The van der Waals surface area contributed by atoms with E-state index in [0.29, 0.717) is 12.1 Å². The minimum absolute atomic E-state index is 0.0585. The number of sulfone groups is 1. The zero-order chi connectivity index (χ0) is 10.2. The molecule has 14 heavy (non-hydrogen) atoms. The van der Waals surface area contributed by atoms with Gasteiger partial charge in [-0.15, -0.1) is 0 Å². The summed E-state index contributed by atoms with van der Waals surface area (Å²) in [5, 5.41) is 6.13. The van der Waals surface area contributed by atoms with Gasteiger partial charge in [-0.05, 0) is 12.5 Å². The van der Waals surface area contributed by atoms with Gasteiger partial charge in [0.15, 0.2) is 9.84 Å². The summed E-state index contributed by atoms with van der Waals surface area (Å²) in [7, 11) is -2.89. The van der Waals surface area contributed by atoms with E-state index < -0.39 is 9.84 Å². The van der Waals surface area contributed by atoms with Gasteiger partial charge in [0.1, 0.15) is 0 Å². The molecule has 76 valence electrons. The maximum Gasteiger partial charge on any atom is 0.264 e. The van der Waals surface area contributed by atoms with Gasteiger partial charge in [-0.3, -0.25) is 4.79 Å². The topological polar surface area (TPSA) is 79.9 Å². The van der Waals surface area contributed by atoms with Crippen LogP contribution in [0.15, 0.2) is 16.9 Å². The van der Waals surface area contributed by atoms with Gasteiger partial charge in [0.25, 0.3) is 5.56 Å². The molecule has 2 heterocycles. The fourth-order valence-electron chi connectivity index (χ4n) is 1.61. The van der Waals surface area contributed by atoms with E-state index in [9.17, 15) is 13.2 Å². The Morgan fingerprint density at radius 3 is 2.71 bits per heavy atom. The van der Waals surface area contributed by atoms with Gasteiger partial charge in [0.2, 0.25) is 0 Å². The van der Waals surface area contributed by atoms with E-state index in [1.54, 1.807) is 6.07 Å². The second-order valence-electron chi connectivity index (χ2n) is 3.45. The number of rotatable bonds is 1. The molecule has 5 nitrogen and oxygen atoms in total. The number of aromatic nitrogens is 2. The Kier molecular flexibility index (Phi) is 2.14. The molecule has 1 aromatic rings. The number of nitrogens with one attached hydrogen (secondary N) is 1. The van der Waals surface area contributed by atoms with Gasteiger partial charge in [-0.25, -0.2) is 13.5 Å². The van der Waals surface area contributed by atoms with Crippen molar-refractivity contribution in [2.45, 2.75) is 12.3 Å². The van der Waals surface area contributed by atoms with E-state index in [2.05, 4.69) is 10.2 Å². The Labute approximate surface area is 81.1 Å². The lowest BCUT2D eigenvalue weighted by atomic mass is 10.1. The van der Waals surface area contributed by atoms with Crippen LogP contribution in [0.25, 0.3) is 0 Å². The third-order valence-corrected chi connectivity index (χ3v) is 4.12. The Bertz CT molecular complexity index is 471. The third-order valence-electron chi connectivity index (χ3n) is 2.35. The summed E-state index contributed by atoms with van der Waals surface area (Å²) in [5.74, 6) is 0.307. The molecular weight excluding hydrogens is 204 g/mol. The summed E-state index contributed by atoms with van der Waals surface area (Å²) in [6.07, 6.45) is 0.599. The summed E-state index contributed by atoms with van der Waals surface area (Å²) in [6.45, 7) is 0. The Morgan fingerprint density at radius 2 is 2.21 bits per heavy atom. The summed E-state index contributed by atoms with van der Waals surface area (Å²) in [4.78, 5) is 10.7. The maximum atomic E-state index is 11.2. The molecule has 1 atom stereocenters. The SMILES string of the molecule is O=c1ccc(C2CCS(=O)(=O)C2)n[nH]1. The van der Waals surface area contributed by atoms with Crippen molar-refractivity contribution in [1.29, 1.82) is 0 Å². The highest BCUT2D eigenvalue weighted by Gasteiger charge is 2.29. The van der Waals surface area contributed by atoms with E-state index in [1.807, 2.05) is 0 Å². The van der Waals surface area contributed by atoms with Crippen molar-refractivity contribution in [1.82, 2.24) is 10.2 Å². The molecule has 6 heteroatoms. The first-order valence-corrected chi connectivity index (χ1v) is 6.15. The van der Waals surface area contributed by atoms with Gasteiger partial charge >= 0.3 is 0 Å². The maximum absolute atomic E-state index is 11.2. The van der Waals surface area contributed by atoms with Crippen molar-refractivity contribution in [2.75, 3.05) is 11.5 Å². The van der Waals surface area contributed by atoms with Crippen LogP contribution in [0.5, 0.6) is 0 Å². The number of hydrogen-bond acceptors (Lipinski definition) is 4. The molecule has 0 amide bonds. The highest BCUT2D eigenvalue weighted by molar-refractivity contribution is 7.91. The molecule has 0 aromatic carbocycles. The lowest BCUT2D eigenvalue weighted by Gasteiger charge is -2.04. The number of nitrogens with zero attached hydrogens (tertiary/aromatic N) is 1. The first-order valence-electron chi connectivity index (χ1n) is 4.33. The molecule has 1 aliphatic rings. The van der Waals surface area contributed by atoms with Gasteiger partial charge in [0, 0.05) is 12.0 Å². The Balaban J connectivity index is 2.26. The van der Waals surface area contributed by atoms with Crippen molar-refractivity contribution >= 4 is 9.84 Å². The van der Waals surface area contributed by atoms with E-state index in [1.165, 1.54) is 6.07 Å². The van der Waals surface area contributed by atoms with Crippen LogP contribution in [0.3, 0.4) is 0 Å². The molecule has 1 aromatic heterocycles. The highest BCUT2D eigenvalue weighted by Crippen LogP contribution is 2.26. The van der Waals surface area contributed by atoms with Crippen LogP contribution < -0.4 is 5.56 Å². The Hall–Kier alpha value is -1.17. The predicted octanol–water partition coefficient (Wildman–Crippen LogP) is -0.328. The minimum Gasteiger partial charge on any atom is -0.268 e. The number of hydrogen-bond donors (Lipinski definition) is 1.